The number of nitrogens with zero attached hydrogens (tertiary/aromatic N) is 3. The molecule has 1 saturated heterocycles. The molecular weight excluding hydrogens is 475 g/mol. The zero-order chi connectivity index (χ0) is 23.3. The van der Waals surface area contributed by atoms with Gasteiger partial charge in [0.15, 0.2) is 5.82 Å². The first-order valence-corrected chi connectivity index (χ1v) is 12.4. The van der Waals surface area contributed by atoms with E-state index in [4.69, 9.17) is 27.7 Å². The molecule has 2 heterocycles. The number of halogens is 2. The fourth-order valence-electron chi connectivity index (χ4n) is 4.33. The highest BCUT2D eigenvalue weighted by molar-refractivity contribution is 7.89. The van der Waals surface area contributed by atoms with E-state index in [0.29, 0.717) is 30.4 Å². The van der Waals surface area contributed by atoms with Crippen molar-refractivity contribution in [2.24, 2.45) is 17.3 Å². The number of aryl methyl sites for hydroxylation is 1. The molecule has 0 bridgehead atoms. The predicted octanol–water partition coefficient (Wildman–Crippen LogP) is 4.09. The summed E-state index contributed by atoms with van der Waals surface area (Å²) in [4.78, 5) is 17.1. The van der Waals surface area contributed by atoms with Crippen LogP contribution in [0.25, 0.3) is 0 Å². The van der Waals surface area contributed by atoms with Gasteiger partial charge in [-0.05, 0) is 55.0 Å². The molecule has 8 nitrogen and oxygen atoms in total. The zero-order valence-corrected chi connectivity index (χ0v) is 20.2. The summed E-state index contributed by atoms with van der Waals surface area (Å²) in [6.07, 6.45) is 2.30. The molecule has 32 heavy (non-hydrogen) atoms. The van der Waals surface area contributed by atoms with Gasteiger partial charge in [-0.2, -0.15) is 9.29 Å². The van der Waals surface area contributed by atoms with Crippen LogP contribution in [0.15, 0.2) is 44.3 Å². The number of rotatable bonds is 6. The van der Waals surface area contributed by atoms with Gasteiger partial charge in [-0.1, -0.05) is 42.2 Å². The second kappa shape index (κ2) is 8.44. The van der Waals surface area contributed by atoms with Crippen molar-refractivity contribution in [2.45, 2.75) is 38.0 Å². The van der Waals surface area contributed by atoms with E-state index in [2.05, 4.69) is 15.5 Å². The maximum absolute atomic E-state index is 13.0. The lowest BCUT2D eigenvalue weighted by Crippen LogP contribution is -2.28. The first-order chi connectivity index (χ1) is 15.0. The average molecular weight is 499 g/mol. The minimum atomic E-state index is -3.67. The van der Waals surface area contributed by atoms with Gasteiger partial charge in [0, 0.05) is 18.8 Å². The van der Waals surface area contributed by atoms with E-state index in [1.807, 2.05) is 13.8 Å². The van der Waals surface area contributed by atoms with Crippen LogP contribution < -0.4 is 5.32 Å². The number of allylic oxidation sites excluding steroid dienone is 1. The first kappa shape index (κ1) is 23.2. The van der Waals surface area contributed by atoms with Crippen molar-refractivity contribution in [3.8, 4) is 0 Å². The fourth-order valence-corrected chi connectivity index (χ4v) is 6.10. The minimum absolute atomic E-state index is 0.0436. The maximum Gasteiger partial charge on any atom is 0.243 e. The van der Waals surface area contributed by atoms with Crippen LogP contribution in [-0.2, 0) is 14.8 Å². The number of carbonyl (C=O) groups is 1. The monoisotopic (exact) mass is 498 g/mol. The molecule has 2 fully saturated rings. The second-order valence-electron chi connectivity index (χ2n) is 8.82. The number of amides is 1. The molecule has 3 unspecified atom stereocenters. The number of aromatic nitrogens is 2. The topological polar surface area (TPSA) is 105 Å². The van der Waals surface area contributed by atoms with E-state index >= 15 is 0 Å². The van der Waals surface area contributed by atoms with Crippen LogP contribution in [0.4, 0.5) is 5.69 Å². The molecule has 11 heteroatoms. The van der Waals surface area contributed by atoms with Crippen molar-refractivity contribution in [3.05, 3.63) is 46.5 Å². The van der Waals surface area contributed by atoms with Crippen LogP contribution in [0.1, 0.15) is 37.9 Å². The van der Waals surface area contributed by atoms with Gasteiger partial charge in [-0.25, -0.2) is 8.42 Å². The molecule has 1 amide bonds. The van der Waals surface area contributed by atoms with Gasteiger partial charge in [-0.15, -0.1) is 0 Å². The Kier molecular flexibility index (Phi) is 6.13. The van der Waals surface area contributed by atoms with Crippen LogP contribution in [0.5, 0.6) is 0 Å². The molecule has 1 saturated carbocycles. The van der Waals surface area contributed by atoms with Gasteiger partial charge >= 0.3 is 0 Å². The molecule has 0 spiro atoms. The van der Waals surface area contributed by atoms with Crippen molar-refractivity contribution >= 4 is 44.8 Å². The van der Waals surface area contributed by atoms with Crippen LogP contribution in [0, 0.1) is 24.2 Å². The number of hydrogen-bond donors (Lipinski definition) is 1. The molecule has 1 aromatic heterocycles. The van der Waals surface area contributed by atoms with E-state index in [9.17, 15) is 13.2 Å². The van der Waals surface area contributed by atoms with Crippen molar-refractivity contribution in [1.82, 2.24) is 14.4 Å². The number of sulfonamides is 1. The largest absolute Gasteiger partial charge is 0.339 e. The molecule has 1 N–H and O–H groups in total. The summed E-state index contributed by atoms with van der Waals surface area (Å²) in [5.74, 6) is 0.422. The molecule has 0 radical (unpaired) electrons. The Labute approximate surface area is 197 Å². The van der Waals surface area contributed by atoms with E-state index in [-0.39, 0.29) is 45.0 Å². The van der Waals surface area contributed by atoms with Crippen LogP contribution in [-0.4, -0.2) is 41.9 Å². The Hall–Kier alpha value is -1.94. The Balaban J connectivity index is 1.41. The minimum Gasteiger partial charge on any atom is -0.339 e. The van der Waals surface area contributed by atoms with Gasteiger partial charge in [0.25, 0.3) is 0 Å². The van der Waals surface area contributed by atoms with E-state index in [1.54, 1.807) is 25.1 Å². The van der Waals surface area contributed by atoms with Crippen molar-refractivity contribution in [1.29, 1.82) is 0 Å². The molecule has 2 aliphatic rings. The summed E-state index contributed by atoms with van der Waals surface area (Å²) >= 11 is 11.5. The number of carbonyl (C=O) groups excluding carboxylic acids is 1. The summed E-state index contributed by atoms with van der Waals surface area (Å²) in [6.45, 7) is 6.34. The lowest BCUT2D eigenvalue weighted by molar-refractivity contribution is -0.118. The quantitative estimate of drug-likeness (QED) is 0.642. The Morgan fingerprint density at radius 3 is 2.56 bits per heavy atom. The van der Waals surface area contributed by atoms with Gasteiger partial charge in [0.05, 0.1) is 16.7 Å². The number of benzene rings is 1. The second-order valence-corrected chi connectivity index (χ2v) is 11.8. The lowest BCUT2D eigenvalue weighted by Gasteiger charge is -2.16. The smallest absolute Gasteiger partial charge is 0.243 e. The number of anilines is 1. The highest BCUT2D eigenvalue weighted by Crippen LogP contribution is 2.60. The molecule has 2 aromatic rings. The van der Waals surface area contributed by atoms with Crippen molar-refractivity contribution < 1.29 is 17.7 Å². The van der Waals surface area contributed by atoms with Crippen molar-refractivity contribution in [2.75, 3.05) is 18.4 Å². The van der Waals surface area contributed by atoms with Gasteiger partial charge in [0.1, 0.15) is 4.49 Å². The summed E-state index contributed by atoms with van der Waals surface area (Å²) in [5.41, 5.74) is 0.281. The van der Waals surface area contributed by atoms with Gasteiger partial charge in [0.2, 0.25) is 21.8 Å². The average Bonchev–Trinajstić information content (AvgIpc) is 3.13. The van der Waals surface area contributed by atoms with Crippen LogP contribution in [0.3, 0.4) is 0 Å². The number of hydrogen-bond acceptors (Lipinski definition) is 6. The van der Waals surface area contributed by atoms with Crippen molar-refractivity contribution in [3.63, 3.8) is 0 Å². The predicted molar refractivity (Wildman–Crippen MR) is 121 cm³/mol. The SMILES string of the molecule is Cc1noc(C2CCN(S(=O)(=O)c3ccc(NC(=O)C4C(C=C(Cl)Cl)C4(C)C)cc3)C2)n1. The molecule has 172 valence electrons. The van der Waals surface area contributed by atoms with E-state index < -0.39 is 10.0 Å². The highest BCUT2D eigenvalue weighted by atomic mass is 35.5. The third-order valence-corrected chi connectivity index (χ3v) is 8.43. The normalized spacial score (nSPS) is 24.8. The molecular formula is C21H24Cl2N4O4S. The first-order valence-electron chi connectivity index (χ1n) is 10.2. The lowest BCUT2D eigenvalue weighted by atomic mass is 10.1. The van der Waals surface area contributed by atoms with Crippen LogP contribution in [0.2, 0.25) is 0 Å². The summed E-state index contributed by atoms with van der Waals surface area (Å²) in [7, 11) is -3.67. The number of nitrogens with one attached hydrogen (secondary N) is 1. The molecule has 1 aromatic carbocycles. The Bertz CT molecular complexity index is 1160. The van der Waals surface area contributed by atoms with Crippen LogP contribution >= 0.6 is 23.2 Å². The molecule has 4 rings (SSSR count). The van der Waals surface area contributed by atoms with E-state index in [0.717, 1.165) is 0 Å². The zero-order valence-electron chi connectivity index (χ0n) is 17.9. The summed E-state index contributed by atoms with van der Waals surface area (Å²) < 4.78 is 32.8. The van der Waals surface area contributed by atoms with E-state index in [1.165, 1.54) is 16.4 Å². The van der Waals surface area contributed by atoms with Gasteiger partial charge < -0.3 is 9.84 Å². The Morgan fingerprint density at radius 1 is 1.28 bits per heavy atom. The maximum atomic E-state index is 13.0. The molecule has 3 atom stereocenters. The standard InChI is InChI=1S/C21H24Cl2N4O4S/c1-12-24-20(31-26-12)13-8-9-27(11-13)32(29,30)15-6-4-14(5-7-15)25-19(28)18-16(10-17(22)23)21(18,2)3/h4-7,10,13,16,18H,8-9,11H2,1-3H3,(H,25,28). The summed E-state index contributed by atoms with van der Waals surface area (Å²) in [5, 5.41) is 6.63. The Morgan fingerprint density at radius 2 is 1.97 bits per heavy atom. The third kappa shape index (κ3) is 4.44. The molecule has 1 aliphatic carbocycles. The molecule has 1 aliphatic heterocycles. The fraction of sp³-hybridized carbons (Fsp3) is 0.476. The highest BCUT2D eigenvalue weighted by Gasteiger charge is 2.60. The summed E-state index contributed by atoms with van der Waals surface area (Å²) in [6, 6.07) is 6.18. The van der Waals surface area contributed by atoms with Gasteiger partial charge in [-0.3, -0.25) is 4.79 Å². The third-order valence-electron chi connectivity index (χ3n) is 6.30.